The van der Waals surface area contributed by atoms with E-state index < -0.39 is 0 Å². The average Bonchev–Trinajstić information content (AvgIpc) is 3.01. The summed E-state index contributed by atoms with van der Waals surface area (Å²) in [6, 6.07) is 8.09. The van der Waals surface area contributed by atoms with E-state index in [2.05, 4.69) is 41.4 Å². The van der Waals surface area contributed by atoms with Crippen molar-refractivity contribution in [3.63, 3.8) is 0 Å². The number of nitrogens with one attached hydrogen (secondary N) is 1. The van der Waals surface area contributed by atoms with Gasteiger partial charge in [-0.2, -0.15) is 5.10 Å². The van der Waals surface area contributed by atoms with E-state index >= 15 is 0 Å². The standard InChI is InChI=1S/C14H17N5S/c1-14(2,3)15-9-12-17-18-13(20-12)19-11-7-5-4-6-10(11)8-16-19/h4-8,15H,9H2,1-3H3. The van der Waals surface area contributed by atoms with Crippen molar-refractivity contribution in [2.45, 2.75) is 32.9 Å². The molecule has 0 unspecified atom stereocenters. The normalized spacial score (nSPS) is 12.2. The largest absolute Gasteiger partial charge is 0.306 e. The Morgan fingerprint density at radius 1 is 1.20 bits per heavy atom. The van der Waals surface area contributed by atoms with E-state index in [-0.39, 0.29) is 5.54 Å². The first-order valence-electron chi connectivity index (χ1n) is 6.53. The van der Waals surface area contributed by atoms with Gasteiger partial charge >= 0.3 is 0 Å². The van der Waals surface area contributed by atoms with Crippen molar-refractivity contribution in [3.05, 3.63) is 35.5 Å². The first-order valence-corrected chi connectivity index (χ1v) is 7.35. The Morgan fingerprint density at radius 3 is 2.80 bits per heavy atom. The lowest BCUT2D eigenvalue weighted by Crippen LogP contribution is -2.35. The molecule has 2 aromatic heterocycles. The fourth-order valence-corrected chi connectivity index (χ4v) is 2.62. The quantitative estimate of drug-likeness (QED) is 0.805. The highest BCUT2D eigenvalue weighted by molar-refractivity contribution is 7.13. The molecule has 0 radical (unpaired) electrons. The maximum Gasteiger partial charge on any atom is 0.233 e. The van der Waals surface area contributed by atoms with E-state index in [0.717, 1.165) is 27.6 Å². The Labute approximate surface area is 121 Å². The van der Waals surface area contributed by atoms with E-state index in [1.165, 1.54) is 0 Å². The van der Waals surface area contributed by atoms with Crippen molar-refractivity contribution in [1.82, 2.24) is 25.3 Å². The Kier molecular flexibility index (Phi) is 3.27. The zero-order valence-corrected chi connectivity index (χ0v) is 12.6. The van der Waals surface area contributed by atoms with Crippen LogP contribution in [0, 0.1) is 0 Å². The first kappa shape index (κ1) is 13.2. The number of hydrogen-bond acceptors (Lipinski definition) is 5. The van der Waals surface area contributed by atoms with Crippen LogP contribution in [0.15, 0.2) is 30.5 Å². The summed E-state index contributed by atoms with van der Waals surface area (Å²) < 4.78 is 1.84. The Bertz CT molecular complexity index is 722. The summed E-state index contributed by atoms with van der Waals surface area (Å²) >= 11 is 1.56. The van der Waals surface area contributed by atoms with Gasteiger partial charge in [-0.05, 0) is 26.8 Å². The molecule has 0 fully saturated rings. The minimum absolute atomic E-state index is 0.0736. The number of aromatic nitrogens is 4. The molecule has 0 aliphatic carbocycles. The van der Waals surface area contributed by atoms with Crippen molar-refractivity contribution < 1.29 is 0 Å². The Hall–Kier alpha value is -1.79. The summed E-state index contributed by atoms with van der Waals surface area (Å²) in [5, 5.41) is 19.1. The summed E-state index contributed by atoms with van der Waals surface area (Å²) in [5.74, 6) is 0. The molecule has 0 spiro atoms. The first-order chi connectivity index (χ1) is 9.53. The van der Waals surface area contributed by atoms with Gasteiger partial charge in [0, 0.05) is 10.9 Å². The zero-order chi connectivity index (χ0) is 14.2. The average molecular weight is 287 g/mol. The van der Waals surface area contributed by atoms with Crippen LogP contribution < -0.4 is 5.32 Å². The number of nitrogens with zero attached hydrogens (tertiary/aromatic N) is 4. The summed E-state index contributed by atoms with van der Waals surface area (Å²) in [6.45, 7) is 7.13. The molecule has 0 amide bonds. The molecule has 0 atom stereocenters. The highest BCUT2D eigenvalue weighted by atomic mass is 32.1. The lowest BCUT2D eigenvalue weighted by Gasteiger charge is -2.19. The molecule has 5 nitrogen and oxygen atoms in total. The second kappa shape index (κ2) is 4.96. The number of hydrogen-bond donors (Lipinski definition) is 1. The lowest BCUT2D eigenvalue weighted by molar-refractivity contribution is 0.423. The van der Waals surface area contributed by atoms with Gasteiger partial charge in [-0.15, -0.1) is 10.2 Å². The van der Waals surface area contributed by atoms with Gasteiger partial charge in [-0.3, -0.25) is 0 Å². The molecular weight excluding hydrogens is 270 g/mol. The van der Waals surface area contributed by atoms with Crippen LogP contribution in [0.4, 0.5) is 0 Å². The van der Waals surface area contributed by atoms with Crippen LogP contribution in [0.25, 0.3) is 16.0 Å². The van der Waals surface area contributed by atoms with Gasteiger partial charge in [0.1, 0.15) is 5.01 Å². The smallest absolute Gasteiger partial charge is 0.233 e. The maximum atomic E-state index is 4.39. The van der Waals surface area contributed by atoms with E-state index in [1.807, 2.05) is 35.1 Å². The molecule has 3 rings (SSSR count). The topological polar surface area (TPSA) is 55.6 Å². The van der Waals surface area contributed by atoms with E-state index in [4.69, 9.17) is 0 Å². The van der Waals surface area contributed by atoms with Crippen LogP contribution in [-0.4, -0.2) is 25.5 Å². The molecule has 104 valence electrons. The molecule has 3 aromatic rings. The predicted octanol–water partition coefficient (Wildman–Crippen LogP) is 2.77. The van der Waals surface area contributed by atoms with Crippen molar-refractivity contribution >= 4 is 22.2 Å². The molecule has 2 heterocycles. The molecule has 0 saturated carbocycles. The Balaban J connectivity index is 1.86. The van der Waals surface area contributed by atoms with Crippen molar-refractivity contribution in [2.75, 3.05) is 0 Å². The number of fused-ring (bicyclic) bond motifs is 1. The van der Waals surface area contributed by atoms with Gasteiger partial charge in [0.25, 0.3) is 0 Å². The van der Waals surface area contributed by atoms with Gasteiger partial charge in [0.2, 0.25) is 5.13 Å². The molecule has 1 N–H and O–H groups in total. The maximum absolute atomic E-state index is 4.39. The number of rotatable bonds is 3. The monoisotopic (exact) mass is 287 g/mol. The fraction of sp³-hybridized carbons (Fsp3) is 0.357. The van der Waals surface area contributed by atoms with Crippen LogP contribution >= 0.6 is 11.3 Å². The molecular formula is C14H17N5S. The van der Waals surface area contributed by atoms with Gasteiger partial charge in [0.05, 0.1) is 18.3 Å². The summed E-state index contributed by atoms with van der Waals surface area (Å²) in [7, 11) is 0. The number of para-hydroxylation sites is 1. The van der Waals surface area contributed by atoms with Crippen molar-refractivity contribution in [2.24, 2.45) is 0 Å². The van der Waals surface area contributed by atoms with Crippen LogP contribution in [-0.2, 0) is 6.54 Å². The third kappa shape index (κ3) is 2.71. The van der Waals surface area contributed by atoms with Crippen LogP contribution in [0.5, 0.6) is 0 Å². The second-order valence-corrected chi connectivity index (χ2v) is 6.74. The minimum Gasteiger partial charge on any atom is -0.306 e. The highest BCUT2D eigenvalue weighted by Gasteiger charge is 2.13. The SMILES string of the molecule is CC(C)(C)NCc1nnc(-n2ncc3ccccc32)s1. The van der Waals surface area contributed by atoms with Crippen molar-refractivity contribution in [3.8, 4) is 5.13 Å². The Morgan fingerprint density at radius 2 is 2.00 bits per heavy atom. The van der Waals surface area contributed by atoms with Crippen LogP contribution in [0.1, 0.15) is 25.8 Å². The lowest BCUT2D eigenvalue weighted by atomic mass is 10.1. The van der Waals surface area contributed by atoms with Crippen molar-refractivity contribution in [1.29, 1.82) is 0 Å². The zero-order valence-electron chi connectivity index (χ0n) is 11.8. The van der Waals surface area contributed by atoms with Gasteiger partial charge < -0.3 is 5.32 Å². The molecule has 20 heavy (non-hydrogen) atoms. The third-order valence-corrected chi connectivity index (χ3v) is 3.78. The summed E-state index contributed by atoms with van der Waals surface area (Å²) in [4.78, 5) is 0. The van der Waals surface area contributed by atoms with Gasteiger partial charge in [0.15, 0.2) is 0 Å². The molecule has 0 bridgehead atoms. The molecule has 0 aliphatic heterocycles. The minimum atomic E-state index is 0.0736. The van der Waals surface area contributed by atoms with Crippen LogP contribution in [0.2, 0.25) is 0 Å². The third-order valence-electron chi connectivity index (χ3n) is 2.88. The highest BCUT2D eigenvalue weighted by Crippen LogP contribution is 2.20. The molecule has 0 aliphatic rings. The van der Waals surface area contributed by atoms with E-state index in [0.29, 0.717) is 0 Å². The molecule has 1 aromatic carbocycles. The molecule has 6 heteroatoms. The molecule has 0 saturated heterocycles. The summed E-state index contributed by atoms with van der Waals surface area (Å²) in [6.07, 6.45) is 1.85. The number of benzene rings is 1. The summed E-state index contributed by atoms with van der Waals surface area (Å²) in [5.41, 5.74) is 1.13. The fourth-order valence-electron chi connectivity index (χ4n) is 1.87. The van der Waals surface area contributed by atoms with Gasteiger partial charge in [-0.1, -0.05) is 29.5 Å². The van der Waals surface area contributed by atoms with E-state index in [1.54, 1.807) is 11.3 Å². The van der Waals surface area contributed by atoms with Crippen LogP contribution in [0.3, 0.4) is 0 Å². The second-order valence-electron chi connectivity index (χ2n) is 5.70. The van der Waals surface area contributed by atoms with E-state index in [9.17, 15) is 0 Å². The predicted molar refractivity (Wildman–Crippen MR) is 81.1 cm³/mol. The van der Waals surface area contributed by atoms with Gasteiger partial charge in [-0.25, -0.2) is 4.68 Å².